The Morgan fingerprint density at radius 1 is 1.30 bits per heavy atom. The fourth-order valence-corrected chi connectivity index (χ4v) is 2.77. The van der Waals surface area contributed by atoms with E-state index < -0.39 is 0 Å². The van der Waals surface area contributed by atoms with Gasteiger partial charge in [0.05, 0.1) is 21.2 Å². The highest BCUT2D eigenvalue weighted by atomic mass is 35.5. The van der Waals surface area contributed by atoms with Crippen LogP contribution in [-0.2, 0) is 6.42 Å². The second-order valence-corrected chi connectivity index (χ2v) is 5.81. The first-order valence-corrected chi connectivity index (χ1v) is 7.49. The predicted molar refractivity (Wildman–Crippen MR) is 84.8 cm³/mol. The van der Waals surface area contributed by atoms with Crippen LogP contribution >= 0.6 is 22.9 Å². The predicted octanol–water partition coefficient (Wildman–Crippen LogP) is 4.12. The largest absolute Gasteiger partial charge is 0.272 e. The highest BCUT2D eigenvalue weighted by molar-refractivity contribution is 7.14. The molecule has 104 valence electrons. The molecule has 1 N–H and O–H groups in total. The molecule has 1 heterocycles. The van der Waals surface area contributed by atoms with Gasteiger partial charge >= 0.3 is 0 Å². The summed E-state index contributed by atoms with van der Waals surface area (Å²) in [6, 6.07) is 11.0. The summed E-state index contributed by atoms with van der Waals surface area (Å²) in [6.07, 6.45) is 1.00. The topological polar surface area (TPSA) is 41.5 Å². The lowest BCUT2D eigenvalue weighted by Gasteiger charge is -2.03. The average Bonchev–Trinajstić information content (AvgIpc) is 2.94. The van der Waals surface area contributed by atoms with Crippen molar-refractivity contribution in [2.24, 2.45) is 5.10 Å². The number of nitrogens with zero attached hydrogens (tertiary/aromatic N) is 1. The summed E-state index contributed by atoms with van der Waals surface area (Å²) >= 11 is 7.65. The molecule has 0 saturated carbocycles. The number of rotatable bonds is 4. The summed E-state index contributed by atoms with van der Waals surface area (Å²) in [5.41, 5.74) is 3.75. The Bertz CT molecular complexity index is 649. The van der Waals surface area contributed by atoms with Gasteiger partial charge in [0.15, 0.2) is 0 Å². The van der Waals surface area contributed by atoms with Crippen molar-refractivity contribution in [2.75, 3.05) is 0 Å². The van der Waals surface area contributed by atoms with E-state index in [1.54, 1.807) is 35.6 Å². The van der Waals surface area contributed by atoms with Gasteiger partial charge in [-0.25, -0.2) is 5.43 Å². The maximum atomic E-state index is 12.0. The molecular formula is C15H15ClN2OS. The minimum Gasteiger partial charge on any atom is -0.267 e. The minimum atomic E-state index is -0.303. The summed E-state index contributed by atoms with van der Waals surface area (Å²) in [5, 5.41) is 4.55. The average molecular weight is 307 g/mol. The van der Waals surface area contributed by atoms with Crippen molar-refractivity contribution in [1.82, 2.24) is 5.43 Å². The molecule has 0 spiro atoms. The van der Waals surface area contributed by atoms with Gasteiger partial charge in [0.2, 0.25) is 0 Å². The van der Waals surface area contributed by atoms with E-state index in [9.17, 15) is 4.79 Å². The van der Waals surface area contributed by atoms with Crippen molar-refractivity contribution in [1.29, 1.82) is 0 Å². The third kappa shape index (κ3) is 3.46. The van der Waals surface area contributed by atoms with Crippen LogP contribution in [0, 0.1) is 0 Å². The summed E-state index contributed by atoms with van der Waals surface area (Å²) < 4.78 is 0. The molecule has 3 nitrogen and oxygen atoms in total. The molecule has 0 aliphatic rings. The Kier molecular flexibility index (Phi) is 4.93. The van der Waals surface area contributed by atoms with E-state index in [1.807, 2.05) is 13.0 Å². The van der Waals surface area contributed by atoms with Gasteiger partial charge in [0.25, 0.3) is 5.91 Å². The van der Waals surface area contributed by atoms with Crippen LogP contribution in [0.3, 0.4) is 0 Å². The zero-order valence-electron chi connectivity index (χ0n) is 11.3. The Morgan fingerprint density at radius 3 is 2.70 bits per heavy atom. The van der Waals surface area contributed by atoms with Crippen LogP contribution in [0.25, 0.3) is 0 Å². The number of carbonyl (C=O) groups excluding carboxylic acids is 1. The fourth-order valence-electron chi connectivity index (χ4n) is 1.66. The van der Waals surface area contributed by atoms with Crippen molar-refractivity contribution in [3.8, 4) is 0 Å². The minimum absolute atomic E-state index is 0.303. The van der Waals surface area contributed by atoms with Gasteiger partial charge in [-0.1, -0.05) is 30.7 Å². The zero-order valence-corrected chi connectivity index (χ0v) is 12.9. The lowest BCUT2D eigenvalue weighted by molar-refractivity contribution is 0.0955. The van der Waals surface area contributed by atoms with Gasteiger partial charge in [0, 0.05) is 4.88 Å². The summed E-state index contributed by atoms with van der Waals surface area (Å²) in [5.74, 6) is -0.303. The number of nitrogens with one attached hydrogen (secondary N) is 1. The fraction of sp³-hybridized carbons (Fsp3) is 0.200. The van der Waals surface area contributed by atoms with Gasteiger partial charge in [-0.05, 0) is 37.6 Å². The number of hydrogen-bond acceptors (Lipinski definition) is 3. The lowest BCUT2D eigenvalue weighted by atomic mass is 10.2. The van der Waals surface area contributed by atoms with Crippen LogP contribution in [0.1, 0.15) is 34.0 Å². The van der Waals surface area contributed by atoms with E-state index in [1.165, 1.54) is 4.88 Å². The van der Waals surface area contributed by atoms with E-state index in [4.69, 9.17) is 11.6 Å². The molecule has 0 aliphatic carbocycles. The molecule has 20 heavy (non-hydrogen) atoms. The zero-order chi connectivity index (χ0) is 14.5. The highest BCUT2D eigenvalue weighted by Gasteiger charge is 2.09. The van der Waals surface area contributed by atoms with Gasteiger partial charge in [-0.2, -0.15) is 5.10 Å². The van der Waals surface area contributed by atoms with Gasteiger partial charge in [-0.15, -0.1) is 11.3 Å². The van der Waals surface area contributed by atoms with Crippen LogP contribution in [-0.4, -0.2) is 11.6 Å². The maximum absolute atomic E-state index is 12.0. The number of benzene rings is 1. The van der Waals surface area contributed by atoms with E-state index in [-0.39, 0.29) is 5.91 Å². The van der Waals surface area contributed by atoms with Crippen LogP contribution in [0.5, 0.6) is 0 Å². The summed E-state index contributed by atoms with van der Waals surface area (Å²) in [6.45, 7) is 3.99. The highest BCUT2D eigenvalue weighted by Crippen LogP contribution is 2.18. The van der Waals surface area contributed by atoms with Crippen LogP contribution in [0.15, 0.2) is 41.5 Å². The molecule has 2 rings (SSSR count). The number of amides is 1. The third-order valence-corrected chi connectivity index (χ3v) is 4.48. The second-order valence-electron chi connectivity index (χ2n) is 4.24. The molecule has 0 bridgehead atoms. The first-order chi connectivity index (χ1) is 9.61. The Balaban J connectivity index is 2.09. The monoisotopic (exact) mass is 306 g/mol. The number of halogens is 1. The molecule has 1 aromatic carbocycles. The van der Waals surface area contributed by atoms with Crippen LogP contribution in [0.2, 0.25) is 5.02 Å². The van der Waals surface area contributed by atoms with Crippen molar-refractivity contribution >= 4 is 34.6 Å². The summed E-state index contributed by atoms with van der Waals surface area (Å²) in [7, 11) is 0. The Hall–Kier alpha value is -1.65. The summed E-state index contributed by atoms with van der Waals surface area (Å²) in [4.78, 5) is 14.3. The molecule has 2 aromatic rings. The Labute approximate surface area is 127 Å². The van der Waals surface area contributed by atoms with Crippen molar-refractivity contribution in [3.05, 3.63) is 56.7 Å². The molecule has 0 saturated heterocycles. The van der Waals surface area contributed by atoms with E-state index in [0.717, 1.165) is 17.0 Å². The number of thiophene rings is 1. The quantitative estimate of drug-likeness (QED) is 0.670. The SMILES string of the molecule is CCc1ccc(/C(C)=N/NC(=O)c2ccccc2Cl)s1. The lowest BCUT2D eigenvalue weighted by Crippen LogP contribution is -2.19. The van der Waals surface area contributed by atoms with Crippen molar-refractivity contribution in [3.63, 3.8) is 0 Å². The van der Waals surface area contributed by atoms with Crippen LogP contribution in [0.4, 0.5) is 0 Å². The smallest absolute Gasteiger partial charge is 0.267 e. The first-order valence-electron chi connectivity index (χ1n) is 6.30. The Morgan fingerprint density at radius 2 is 2.05 bits per heavy atom. The molecule has 5 heteroatoms. The molecule has 1 aromatic heterocycles. The van der Waals surface area contributed by atoms with E-state index >= 15 is 0 Å². The molecule has 0 fully saturated rings. The third-order valence-electron chi connectivity index (χ3n) is 2.81. The molecule has 1 amide bonds. The standard InChI is InChI=1S/C15H15ClN2OS/c1-3-11-8-9-14(20-11)10(2)17-18-15(19)12-6-4-5-7-13(12)16/h4-9H,3H2,1-2H3,(H,18,19)/b17-10+. The number of carbonyl (C=O) groups is 1. The second kappa shape index (κ2) is 6.68. The molecule has 0 atom stereocenters. The molecule has 0 aliphatic heterocycles. The van der Waals surface area contributed by atoms with E-state index in [0.29, 0.717) is 10.6 Å². The number of aryl methyl sites for hydroxylation is 1. The number of hydrogen-bond donors (Lipinski definition) is 1. The molecular weight excluding hydrogens is 292 g/mol. The maximum Gasteiger partial charge on any atom is 0.272 e. The molecule has 0 unspecified atom stereocenters. The van der Waals surface area contributed by atoms with Crippen molar-refractivity contribution in [2.45, 2.75) is 20.3 Å². The van der Waals surface area contributed by atoms with Crippen molar-refractivity contribution < 1.29 is 4.79 Å². The first kappa shape index (κ1) is 14.8. The van der Waals surface area contributed by atoms with E-state index in [2.05, 4.69) is 23.5 Å². The van der Waals surface area contributed by atoms with Gasteiger partial charge in [-0.3, -0.25) is 4.79 Å². The number of hydrazone groups is 1. The van der Waals surface area contributed by atoms with Gasteiger partial charge in [0.1, 0.15) is 0 Å². The van der Waals surface area contributed by atoms with Crippen LogP contribution < -0.4 is 5.43 Å². The normalized spacial score (nSPS) is 11.4. The molecule has 0 radical (unpaired) electrons. The van der Waals surface area contributed by atoms with Gasteiger partial charge < -0.3 is 0 Å².